The number of ether oxygens (including phenoxy) is 2. The van der Waals surface area contributed by atoms with Crippen molar-refractivity contribution in [2.24, 2.45) is 7.05 Å². The van der Waals surface area contributed by atoms with Crippen LogP contribution in [0, 0.1) is 6.92 Å². The Hall–Kier alpha value is -4.33. The van der Waals surface area contributed by atoms with E-state index in [4.69, 9.17) is 14.6 Å². The molecule has 0 radical (unpaired) electrons. The second-order valence-corrected chi connectivity index (χ2v) is 8.07. The molecule has 0 aliphatic heterocycles. The molecule has 34 heavy (non-hydrogen) atoms. The van der Waals surface area contributed by atoms with Crippen molar-refractivity contribution in [1.82, 2.24) is 19.7 Å². The van der Waals surface area contributed by atoms with E-state index >= 15 is 0 Å². The van der Waals surface area contributed by atoms with Gasteiger partial charge in [0.1, 0.15) is 11.5 Å². The molecule has 0 bridgehead atoms. The van der Waals surface area contributed by atoms with Crippen molar-refractivity contribution < 1.29 is 9.47 Å². The Bertz CT molecular complexity index is 1500. The zero-order valence-electron chi connectivity index (χ0n) is 19.8. The number of aryl methyl sites for hydroxylation is 2. The molecule has 0 atom stereocenters. The van der Waals surface area contributed by atoms with Crippen LogP contribution >= 0.6 is 0 Å². The molecule has 0 fully saturated rings. The molecule has 0 saturated heterocycles. The quantitative estimate of drug-likeness (QED) is 0.360. The van der Waals surface area contributed by atoms with E-state index in [1.165, 1.54) is 0 Å². The van der Waals surface area contributed by atoms with Crippen molar-refractivity contribution in [3.8, 4) is 22.6 Å². The first kappa shape index (κ1) is 21.5. The van der Waals surface area contributed by atoms with Gasteiger partial charge in [0.25, 0.3) is 0 Å². The largest absolute Gasteiger partial charge is 0.497 e. The summed E-state index contributed by atoms with van der Waals surface area (Å²) in [5, 5.41) is 13.2. The predicted octanol–water partition coefficient (Wildman–Crippen LogP) is 5.29. The maximum Gasteiger partial charge on any atom is 0.222 e. The van der Waals surface area contributed by atoms with E-state index in [2.05, 4.69) is 51.8 Å². The fourth-order valence-corrected chi connectivity index (χ4v) is 4.26. The van der Waals surface area contributed by atoms with Gasteiger partial charge in [-0.3, -0.25) is 4.68 Å². The Morgan fingerprint density at radius 2 is 1.71 bits per heavy atom. The fourth-order valence-electron chi connectivity index (χ4n) is 4.26. The highest BCUT2D eigenvalue weighted by molar-refractivity contribution is 6.03. The topological polar surface area (TPSA) is 86.1 Å². The average molecular weight is 455 g/mol. The van der Waals surface area contributed by atoms with Gasteiger partial charge in [-0.2, -0.15) is 5.10 Å². The highest BCUT2D eigenvalue weighted by atomic mass is 16.5. The van der Waals surface area contributed by atoms with Crippen LogP contribution in [-0.2, 0) is 7.05 Å². The minimum absolute atomic E-state index is 0.607. The summed E-state index contributed by atoms with van der Waals surface area (Å²) < 4.78 is 12.7. The molecule has 2 aromatic heterocycles. The zero-order valence-corrected chi connectivity index (χ0v) is 19.8. The molecule has 8 heteroatoms. The van der Waals surface area contributed by atoms with Crippen LogP contribution in [0.5, 0.6) is 11.5 Å². The van der Waals surface area contributed by atoms with Crippen molar-refractivity contribution >= 4 is 39.3 Å². The molecule has 0 unspecified atom stereocenters. The molecule has 8 nitrogen and oxygen atoms in total. The van der Waals surface area contributed by atoms with Gasteiger partial charge in [-0.15, -0.1) is 0 Å². The average Bonchev–Trinajstić information content (AvgIpc) is 3.17. The van der Waals surface area contributed by atoms with Gasteiger partial charge in [0.15, 0.2) is 5.82 Å². The van der Waals surface area contributed by atoms with Crippen LogP contribution in [0.2, 0.25) is 0 Å². The Morgan fingerprint density at radius 3 is 2.41 bits per heavy atom. The van der Waals surface area contributed by atoms with Gasteiger partial charge in [0.2, 0.25) is 5.95 Å². The first-order valence-electron chi connectivity index (χ1n) is 10.9. The molecular weight excluding hydrogens is 428 g/mol. The first-order valence-corrected chi connectivity index (χ1v) is 10.9. The molecule has 0 amide bonds. The molecule has 0 spiro atoms. The van der Waals surface area contributed by atoms with E-state index in [9.17, 15) is 0 Å². The molecule has 0 saturated carbocycles. The summed E-state index contributed by atoms with van der Waals surface area (Å²) in [5.74, 6) is 2.78. The van der Waals surface area contributed by atoms with Crippen molar-refractivity contribution in [2.75, 3.05) is 31.9 Å². The van der Waals surface area contributed by atoms with Gasteiger partial charge in [0, 0.05) is 60.5 Å². The monoisotopic (exact) mass is 454 g/mol. The van der Waals surface area contributed by atoms with E-state index < -0.39 is 0 Å². The second kappa shape index (κ2) is 8.55. The van der Waals surface area contributed by atoms with Crippen LogP contribution in [0.3, 0.4) is 0 Å². The Labute approximate surface area is 197 Å². The lowest BCUT2D eigenvalue weighted by Gasteiger charge is -2.11. The van der Waals surface area contributed by atoms with E-state index in [0.717, 1.165) is 50.0 Å². The van der Waals surface area contributed by atoms with Gasteiger partial charge in [0.05, 0.1) is 25.3 Å². The molecule has 2 heterocycles. The summed E-state index contributed by atoms with van der Waals surface area (Å²) >= 11 is 0. The van der Waals surface area contributed by atoms with Gasteiger partial charge in [-0.25, -0.2) is 9.97 Å². The normalized spacial score (nSPS) is 11.1. The third-order valence-electron chi connectivity index (χ3n) is 5.92. The lowest BCUT2D eigenvalue weighted by Crippen LogP contribution is -1.97. The van der Waals surface area contributed by atoms with Crippen molar-refractivity contribution in [2.45, 2.75) is 6.92 Å². The summed E-state index contributed by atoms with van der Waals surface area (Å²) in [6.45, 7) is 2.12. The molecule has 172 valence electrons. The summed E-state index contributed by atoms with van der Waals surface area (Å²) in [7, 11) is 7.05. The van der Waals surface area contributed by atoms with Crippen molar-refractivity contribution in [3.63, 3.8) is 0 Å². The number of aromatic nitrogens is 4. The van der Waals surface area contributed by atoms with Crippen LogP contribution in [0.25, 0.3) is 32.9 Å². The number of nitrogens with one attached hydrogen (secondary N) is 2. The maximum absolute atomic E-state index is 5.41. The Morgan fingerprint density at radius 1 is 0.941 bits per heavy atom. The van der Waals surface area contributed by atoms with Gasteiger partial charge >= 0.3 is 0 Å². The van der Waals surface area contributed by atoms with Crippen LogP contribution in [-0.4, -0.2) is 41.0 Å². The molecule has 3 aromatic carbocycles. The Kier molecular flexibility index (Phi) is 5.41. The minimum Gasteiger partial charge on any atom is -0.497 e. The summed E-state index contributed by atoms with van der Waals surface area (Å²) in [5.41, 5.74) is 6.16. The molecular formula is C26H26N6O2. The fraction of sp³-hybridized carbons (Fsp3) is 0.192. The lowest BCUT2D eigenvalue weighted by molar-refractivity contribution is 0.395. The number of methoxy groups -OCH3 is 2. The number of benzene rings is 3. The van der Waals surface area contributed by atoms with E-state index in [-0.39, 0.29) is 0 Å². The third-order valence-corrected chi connectivity index (χ3v) is 5.92. The maximum atomic E-state index is 5.41. The number of hydrogen-bond acceptors (Lipinski definition) is 7. The molecule has 0 aliphatic carbocycles. The molecule has 0 aliphatic rings. The van der Waals surface area contributed by atoms with E-state index in [1.807, 2.05) is 49.2 Å². The summed E-state index contributed by atoms with van der Waals surface area (Å²) in [6.07, 6.45) is 1.85. The van der Waals surface area contributed by atoms with Gasteiger partial charge < -0.3 is 20.1 Å². The predicted molar refractivity (Wildman–Crippen MR) is 136 cm³/mol. The second-order valence-electron chi connectivity index (χ2n) is 8.07. The summed E-state index contributed by atoms with van der Waals surface area (Å²) in [6, 6.07) is 16.2. The van der Waals surface area contributed by atoms with E-state index in [1.54, 1.807) is 14.2 Å². The molecule has 2 N–H and O–H groups in total. The third kappa shape index (κ3) is 3.73. The standard InChI is InChI=1S/C26H26N6O2/c1-15-6-8-21-24(23(15)16-7-9-22-17(10-16)14-28-26(27-2)30-22)32(3)31-25(21)29-18-11-19(33-4)13-20(12-18)34-5/h6-14H,1-5H3,(H,29,31)(H,27,28,30). The SMILES string of the molecule is CNc1ncc2cc(-c3c(C)ccc4c(Nc5cc(OC)cc(OC)c5)nn(C)c34)ccc2n1. The number of hydrogen-bond donors (Lipinski definition) is 2. The van der Waals surface area contributed by atoms with Gasteiger partial charge in [-0.05, 0) is 36.2 Å². The summed E-state index contributed by atoms with van der Waals surface area (Å²) in [4.78, 5) is 8.91. The van der Waals surface area contributed by atoms with Gasteiger partial charge in [-0.1, -0.05) is 12.1 Å². The molecule has 5 rings (SSSR count). The zero-order chi connectivity index (χ0) is 23.8. The highest BCUT2D eigenvalue weighted by Crippen LogP contribution is 2.37. The number of fused-ring (bicyclic) bond motifs is 2. The number of rotatable bonds is 6. The minimum atomic E-state index is 0.607. The molecule has 5 aromatic rings. The highest BCUT2D eigenvalue weighted by Gasteiger charge is 2.17. The van der Waals surface area contributed by atoms with Crippen molar-refractivity contribution in [1.29, 1.82) is 0 Å². The smallest absolute Gasteiger partial charge is 0.222 e. The van der Waals surface area contributed by atoms with Crippen molar-refractivity contribution in [3.05, 3.63) is 60.3 Å². The number of anilines is 3. The Balaban J connectivity index is 1.63. The van der Waals surface area contributed by atoms with Crippen LogP contribution in [0.1, 0.15) is 5.56 Å². The first-order chi connectivity index (χ1) is 16.5. The van der Waals surface area contributed by atoms with Crippen LogP contribution in [0.4, 0.5) is 17.5 Å². The lowest BCUT2D eigenvalue weighted by atomic mass is 9.96. The van der Waals surface area contributed by atoms with Crippen LogP contribution < -0.4 is 20.1 Å². The number of nitrogens with zero attached hydrogens (tertiary/aromatic N) is 4. The van der Waals surface area contributed by atoms with Crippen LogP contribution in [0.15, 0.2) is 54.7 Å². The van der Waals surface area contributed by atoms with E-state index in [0.29, 0.717) is 17.4 Å².